The SMILES string of the molecule is CCC1COC(C)CN1C(=O)C1(CC)CCCNC1. The van der Waals surface area contributed by atoms with Crippen molar-refractivity contribution in [1.29, 1.82) is 0 Å². The van der Waals surface area contributed by atoms with Gasteiger partial charge in [0.05, 0.1) is 24.2 Å². The predicted molar refractivity (Wildman–Crippen MR) is 76.0 cm³/mol. The molecule has 0 aromatic rings. The van der Waals surface area contributed by atoms with E-state index in [1.807, 2.05) is 0 Å². The molecule has 4 nitrogen and oxygen atoms in total. The van der Waals surface area contributed by atoms with E-state index in [0.29, 0.717) is 12.5 Å². The van der Waals surface area contributed by atoms with Crippen LogP contribution in [0.1, 0.15) is 46.5 Å². The van der Waals surface area contributed by atoms with Crippen LogP contribution in [0.5, 0.6) is 0 Å². The van der Waals surface area contributed by atoms with Crippen LogP contribution in [0.3, 0.4) is 0 Å². The predicted octanol–water partition coefficient (Wildman–Crippen LogP) is 1.79. The largest absolute Gasteiger partial charge is 0.375 e. The third-order valence-electron chi connectivity index (χ3n) is 4.80. The van der Waals surface area contributed by atoms with E-state index in [0.717, 1.165) is 45.3 Å². The van der Waals surface area contributed by atoms with Crippen LogP contribution in [0, 0.1) is 5.41 Å². The zero-order valence-electron chi connectivity index (χ0n) is 12.6. The third-order valence-corrected chi connectivity index (χ3v) is 4.80. The lowest BCUT2D eigenvalue weighted by Gasteiger charge is -2.45. The first-order chi connectivity index (χ1) is 9.13. The van der Waals surface area contributed by atoms with E-state index in [9.17, 15) is 4.79 Å². The molecule has 2 aliphatic rings. The minimum absolute atomic E-state index is 0.164. The first-order valence-electron chi connectivity index (χ1n) is 7.76. The summed E-state index contributed by atoms with van der Waals surface area (Å²) in [5, 5.41) is 3.41. The summed E-state index contributed by atoms with van der Waals surface area (Å²) in [6.07, 6.45) is 4.21. The van der Waals surface area contributed by atoms with Crippen molar-refractivity contribution in [3.8, 4) is 0 Å². The fourth-order valence-corrected chi connectivity index (χ4v) is 3.34. The van der Waals surface area contributed by atoms with Crippen molar-refractivity contribution in [3.05, 3.63) is 0 Å². The van der Waals surface area contributed by atoms with Crippen molar-refractivity contribution in [1.82, 2.24) is 10.2 Å². The van der Waals surface area contributed by atoms with E-state index < -0.39 is 0 Å². The molecule has 19 heavy (non-hydrogen) atoms. The molecule has 2 aliphatic heterocycles. The Hall–Kier alpha value is -0.610. The number of amides is 1. The van der Waals surface area contributed by atoms with Crippen molar-refractivity contribution in [2.24, 2.45) is 5.41 Å². The molecule has 4 heteroatoms. The molecule has 0 bridgehead atoms. The molecule has 2 saturated heterocycles. The molecular weight excluding hydrogens is 240 g/mol. The van der Waals surface area contributed by atoms with Crippen molar-refractivity contribution in [3.63, 3.8) is 0 Å². The Labute approximate surface area is 116 Å². The summed E-state index contributed by atoms with van der Waals surface area (Å²) in [7, 11) is 0. The van der Waals surface area contributed by atoms with Crippen molar-refractivity contribution in [2.75, 3.05) is 26.2 Å². The molecule has 0 aliphatic carbocycles. The van der Waals surface area contributed by atoms with Gasteiger partial charge in [0.25, 0.3) is 0 Å². The molecule has 0 aromatic carbocycles. The fourth-order valence-electron chi connectivity index (χ4n) is 3.34. The van der Waals surface area contributed by atoms with Gasteiger partial charge >= 0.3 is 0 Å². The molecule has 0 aromatic heterocycles. The average Bonchev–Trinajstić information content (AvgIpc) is 2.47. The molecule has 0 spiro atoms. The molecule has 110 valence electrons. The maximum Gasteiger partial charge on any atom is 0.230 e. The van der Waals surface area contributed by atoms with Gasteiger partial charge in [-0.2, -0.15) is 0 Å². The fraction of sp³-hybridized carbons (Fsp3) is 0.933. The van der Waals surface area contributed by atoms with Gasteiger partial charge in [0.2, 0.25) is 5.91 Å². The summed E-state index contributed by atoms with van der Waals surface area (Å²) >= 11 is 0. The van der Waals surface area contributed by atoms with E-state index in [4.69, 9.17) is 4.74 Å². The molecular formula is C15H28N2O2. The highest BCUT2D eigenvalue weighted by atomic mass is 16.5. The van der Waals surface area contributed by atoms with E-state index >= 15 is 0 Å². The smallest absolute Gasteiger partial charge is 0.230 e. The summed E-state index contributed by atoms with van der Waals surface area (Å²) in [5.74, 6) is 0.351. The lowest BCUT2D eigenvalue weighted by molar-refractivity contribution is -0.156. The second-order valence-electron chi connectivity index (χ2n) is 6.08. The third kappa shape index (κ3) is 2.95. The number of morpholine rings is 1. The average molecular weight is 268 g/mol. The van der Waals surface area contributed by atoms with Crippen molar-refractivity contribution >= 4 is 5.91 Å². The van der Waals surface area contributed by atoms with Gasteiger partial charge < -0.3 is 15.0 Å². The zero-order chi connectivity index (χ0) is 13.9. The molecule has 3 unspecified atom stereocenters. The number of rotatable bonds is 3. The topological polar surface area (TPSA) is 41.6 Å². The van der Waals surface area contributed by atoms with E-state index in [1.165, 1.54) is 0 Å². The Morgan fingerprint density at radius 3 is 2.84 bits per heavy atom. The highest BCUT2D eigenvalue weighted by Gasteiger charge is 2.43. The molecule has 0 radical (unpaired) electrons. The second kappa shape index (κ2) is 6.23. The number of nitrogens with one attached hydrogen (secondary N) is 1. The summed E-state index contributed by atoms with van der Waals surface area (Å²) in [6, 6.07) is 0.258. The Bertz CT molecular complexity index is 313. The first kappa shape index (κ1) is 14.8. The number of carbonyl (C=O) groups excluding carboxylic acids is 1. The summed E-state index contributed by atoms with van der Waals surface area (Å²) in [6.45, 7) is 9.67. The van der Waals surface area contributed by atoms with Crippen LogP contribution in [-0.4, -0.2) is 49.2 Å². The quantitative estimate of drug-likeness (QED) is 0.848. The Balaban J connectivity index is 2.14. The lowest BCUT2D eigenvalue weighted by atomic mass is 9.76. The second-order valence-corrected chi connectivity index (χ2v) is 6.08. The van der Waals surface area contributed by atoms with Crippen LogP contribution in [0.25, 0.3) is 0 Å². The van der Waals surface area contributed by atoms with Gasteiger partial charge in [0, 0.05) is 13.1 Å². The lowest BCUT2D eigenvalue weighted by Crippen LogP contribution is -2.58. The monoisotopic (exact) mass is 268 g/mol. The Kier molecular flexibility index (Phi) is 4.85. The van der Waals surface area contributed by atoms with Gasteiger partial charge in [-0.3, -0.25) is 4.79 Å². The van der Waals surface area contributed by atoms with Gasteiger partial charge in [0.15, 0.2) is 0 Å². The molecule has 1 amide bonds. The molecule has 2 fully saturated rings. The summed E-state index contributed by atoms with van der Waals surface area (Å²) < 4.78 is 5.71. The number of carbonyl (C=O) groups is 1. The maximum atomic E-state index is 13.1. The number of hydrogen-bond donors (Lipinski definition) is 1. The van der Waals surface area contributed by atoms with E-state index in [2.05, 4.69) is 31.0 Å². The molecule has 2 heterocycles. The van der Waals surface area contributed by atoms with E-state index in [1.54, 1.807) is 0 Å². The minimum atomic E-state index is -0.178. The molecule has 2 rings (SSSR count). The number of nitrogens with zero attached hydrogens (tertiary/aromatic N) is 1. The summed E-state index contributed by atoms with van der Waals surface area (Å²) in [4.78, 5) is 15.2. The highest BCUT2D eigenvalue weighted by Crippen LogP contribution is 2.34. The minimum Gasteiger partial charge on any atom is -0.375 e. The van der Waals surface area contributed by atoms with Gasteiger partial charge in [-0.15, -0.1) is 0 Å². The molecule has 0 saturated carbocycles. The Morgan fingerprint density at radius 2 is 2.26 bits per heavy atom. The molecule has 3 atom stereocenters. The van der Waals surface area contributed by atoms with Crippen LogP contribution in [0.15, 0.2) is 0 Å². The van der Waals surface area contributed by atoms with Gasteiger partial charge in [-0.25, -0.2) is 0 Å². The zero-order valence-corrected chi connectivity index (χ0v) is 12.6. The normalized spacial score (nSPS) is 36.3. The molecule has 1 N–H and O–H groups in total. The van der Waals surface area contributed by atoms with Gasteiger partial charge in [-0.1, -0.05) is 13.8 Å². The van der Waals surface area contributed by atoms with Gasteiger partial charge in [0.1, 0.15) is 0 Å². The number of piperidine rings is 1. The van der Waals surface area contributed by atoms with Crippen LogP contribution < -0.4 is 5.32 Å². The van der Waals surface area contributed by atoms with Crippen molar-refractivity contribution in [2.45, 2.75) is 58.6 Å². The summed E-state index contributed by atoms with van der Waals surface area (Å²) in [5.41, 5.74) is -0.178. The standard InChI is InChI=1S/C15H28N2O2/c1-4-13-10-19-12(3)9-17(13)14(18)15(5-2)7-6-8-16-11-15/h12-13,16H,4-11H2,1-3H3. The van der Waals surface area contributed by atoms with Crippen LogP contribution in [0.2, 0.25) is 0 Å². The van der Waals surface area contributed by atoms with Gasteiger partial charge in [-0.05, 0) is 39.2 Å². The number of hydrogen-bond acceptors (Lipinski definition) is 3. The van der Waals surface area contributed by atoms with Crippen LogP contribution in [0.4, 0.5) is 0 Å². The highest BCUT2D eigenvalue weighted by molar-refractivity contribution is 5.83. The van der Waals surface area contributed by atoms with Crippen LogP contribution in [-0.2, 0) is 9.53 Å². The van der Waals surface area contributed by atoms with Crippen molar-refractivity contribution < 1.29 is 9.53 Å². The number of ether oxygens (including phenoxy) is 1. The maximum absolute atomic E-state index is 13.1. The Morgan fingerprint density at radius 1 is 1.47 bits per heavy atom. The first-order valence-corrected chi connectivity index (χ1v) is 7.76. The van der Waals surface area contributed by atoms with Crippen LogP contribution >= 0.6 is 0 Å². The van der Waals surface area contributed by atoms with E-state index in [-0.39, 0.29) is 17.6 Å².